The van der Waals surface area contributed by atoms with Crippen molar-refractivity contribution in [1.82, 2.24) is 4.90 Å². The van der Waals surface area contributed by atoms with E-state index in [1.165, 1.54) is 0 Å². The Hall–Kier alpha value is -1.14. The van der Waals surface area contributed by atoms with Crippen LogP contribution >= 0.6 is 0 Å². The van der Waals surface area contributed by atoms with Crippen molar-refractivity contribution in [3.8, 4) is 0 Å². The molecule has 0 aliphatic heterocycles. The monoisotopic (exact) mass is 538 g/mol. The Bertz CT molecular complexity index is 706. The van der Waals surface area contributed by atoms with Crippen LogP contribution in [0.25, 0.3) is 0 Å². The number of hydrogen-bond donors (Lipinski definition) is 3. The molecule has 6 heteroatoms. The first-order chi connectivity index (χ1) is 17.4. The van der Waals surface area contributed by atoms with E-state index in [1.54, 1.807) is 0 Å². The lowest BCUT2D eigenvalue weighted by Gasteiger charge is -2.59. The molecule has 2 atom stereocenters. The second-order valence-electron chi connectivity index (χ2n) is 14.5. The Morgan fingerprint density at radius 3 is 1.26 bits per heavy atom. The SMILES string of the molecule is CCCC(O)(CCC)C(N(C(=O)C1(C(N)=O)CCCCC1)C(C(C)(C)C)C(O)(CCC)CCC)C(C)(C)C. The highest BCUT2D eigenvalue weighted by Gasteiger charge is 2.60. The summed E-state index contributed by atoms with van der Waals surface area (Å²) in [4.78, 5) is 30.2. The van der Waals surface area contributed by atoms with Crippen molar-refractivity contribution in [3.63, 3.8) is 0 Å². The summed E-state index contributed by atoms with van der Waals surface area (Å²) < 4.78 is 0. The van der Waals surface area contributed by atoms with Gasteiger partial charge in [-0.1, -0.05) is 114 Å². The van der Waals surface area contributed by atoms with Crippen LogP contribution in [0.3, 0.4) is 0 Å². The molecule has 0 aromatic carbocycles. The van der Waals surface area contributed by atoms with E-state index in [1.807, 2.05) is 4.90 Å². The van der Waals surface area contributed by atoms with E-state index in [-0.39, 0.29) is 5.91 Å². The average Bonchev–Trinajstić information content (AvgIpc) is 2.77. The van der Waals surface area contributed by atoms with Crippen molar-refractivity contribution in [2.24, 2.45) is 22.0 Å². The Labute approximate surface area is 234 Å². The summed E-state index contributed by atoms with van der Waals surface area (Å²) in [5.74, 6) is -0.864. The van der Waals surface area contributed by atoms with E-state index in [4.69, 9.17) is 5.73 Å². The number of nitrogens with two attached hydrogens (primary N) is 1. The largest absolute Gasteiger partial charge is 0.388 e. The maximum Gasteiger partial charge on any atom is 0.238 e. The van der Waals surface area contributed by atoms with E-state index in [0.717, 1.165) is 44.9 Å². The fraction of sp³-hybridized carbons (Fsp3) is 0.938. The van der Waals surface area contributed by atoms with Crippen LogP contribution < -0.4 is 5.73 Å². The van der Waals surface area contributed by atoms with Crippen LogP contribution in [0.1, 0.15) is 153 Å². The van der Waals surface area contributed by atoms with Gasteiger partial charge in [0.05, 0.1) is 23.3 Å². The number of hydrogen-bond acceptors (Lipinski definition) is 4. The van der Waals surface area contributed by atoms with Gasteiger partial charge in [0.15, 0.2) is 0 Å². The Morgan fingerprint density at radius 2 is 1.03 bits per heavy atom. The van der Waals surface area contributed by atoms with Gasteiger partial charge in [-0.25, -0.2) is 0 Å². The predicted octanol–water partition coefficient (Wildman–Crippen LogP) is 6.74. The molecule has 1 aliphatic carbocycles. The second-order valence-corrected chi connectivity index (χ2v) is 14.5. The third-order valence-electron chi connectivity index (χ3n) is 8.77. The molecule has 0 radical (unpaired) electrons. The molecular weight excluding hydrogens is 476 g/mol. The third-order valence-corrected chi connectivity index (χ3v) is 8.77. The average molecular weight is 539 g/mol. The van der Waals surface area contributed by atoms with E-state index in [0.29, 0.717) is 38.5 Å². The molecule has 1 fully saturated rings. The lowest BCUT2D eigenvalue weighted by molar-refractivity contribution is -0.196. The molecule has 0 heterocycles. The van der Waals surface area contributed by atoms with Gasteiger partial charge in [0, 0.05) is 0 Å². The first-order valence-electron chi connectivity index (χ1n) is 15.5. The van der Waals surface area contributed by atoms with Crippen LogP contribution in [0.2, 0.25) is 0 Å². The van der Waals surface area contributed by atoms with E-state index < -0.39 is 45.4 Å². The zero-order valence-electron chi connectivity index (χ0n) is 26.6. The number of carbonyl (C=O) groups excluding carboxylic acids is 2. The molecule has 1 aliphatic rings. The van der Waals surface area contributed by atoms with Gasteiger partial charge in [0.25, 0.3) is 0 Å². The third kappa shape index (κ3) is 7.53. The standard InChI is InChI=1S/C32H62N2O4/c1-11-18-31(37,19-12-2)24(28(5,6)7)34(27(36)30(26(33)35)22-16-15-17-23-30)25(29(8,9)10)32(38,20-13-3)21-14-4/h24-25,37-38H,11-23H2,1-10H3,(H2,33,35). The van der Waals surface area contributed by atoms with Crippen molar-refractivity contribution >= 4 is 11.8 Å². The first-order valence-corrected chi connectivity index (χ1v) is 15.5. The predicted molar refractivity (Wildman–Crippen MR) is 158 cm³/mol. The topological polar surface area (TPSA) is 104 Å². The molecule has 1 rings (SSSR count). The molecule has 0 spiro atoms. The molecular formula is C32H62N2O4. The summed E-state index contributed by atoms with van der Waals surface area (Å²) in [7, 11) is 0. The normalized spacial score (nSPS) is 18.6. The summed E-state index contributed by atoms with van der Waals surface area (Å²) >= 11 is 0. The van der Waals surface area contributed by atoms with Crippen molar-refractivity contribution in [3.05, 3.63) is 0 Å². The van der Waals surface area contributed by atoms with Gasteiger partial charge in [0.2, 0.25) is 11.8 Å². The zero-order chi connectivity index (χ0) is 29.6. The minimum Gasteiger partial charge on any atom is -0.388 e. The summed E-state index contributed by atoms with van der Waals surface area (Å²) in [6.45, 7) is 20.7. The quantitative estimate of drug-likeness (QED) is 0.213. The highest BCUT2D eigenvalue weighted by atomic mass is 16.3. The Kier molecular flexibility index (Phi) is 12.4. The number of amides is 2. The molecule has 2 unspecified atom stereocenters. The maximum absolute atomic E-state index is 15.2. The van der Waals surface area contributed by atoms with Crippen LogP contribution in [0, 0.1) is 16.2 Å². The Balaban J connectivity index is 4.21. The highest BCUT2D eigenvalue weighted by molar-refractivity contribution is 6.04. The summed E-state index contributed by atoms with van der Waals surface area (Å²) in [6.07, 6.45) is 8.55. The fourth-order valence-electron chi connectivity index (χ4n) is 7.84. The van der Waals surface area contributed by atoms with Crippen molar-refractivity contribution in [1.29, 1.82) is 0 Å². The molecule has 6 nitrogen and oxygen atoms in total. The molecule has 224 valence electrons. The number of aliphatic hydroxyl groups is 2. The minimum absolute atomic E-state index is 0.291. The molecule has 2 amide bonds. The summed E-state index contributed by atoms with van der Waals surface area (Å²) in [6, 6.07) is -1.21. The maximum atomic E-state index is 15.2. The number of carbonyl (C=O) groups is 2. The summed E-state index contributed by atoms with van der Waals surface area (Å²) in [5.41, 5.74) is 1.39. The lowest BCUT2D eigenvalue weighted by atomic mass is 9.64. The molecule has 0 aromatic heterocycles. The highest BCUT2D eigenvalue weighted by Crippen LogP contribution is 2.49. The first kappa shape index (κ1) is 34.9. The van der Waals surface area contributed by atoms with Crippen LogP contribution in [-0.2, 0) is 9.59 Å². The van der Waals surface area contributed by atoms with Gasteiger partial charge < -0.3 is 20.8 Å². The minimum atomic E-state index is -1.32. The van der Waals surface area contributed by atoms with Crippen LogP contribution in [-0.4, -0.2) is 50.2 Å². The number of primary amides is 1. The molecule has 0 bridgehead atoms. The second kappa shape index (κ2) is 13.5. The van der Waals surface area contributed by atoms with E-state index in [9.17, 15) is 15.0 Å². The molecule has 4 N–H and O–H groups in total. The van der Waals surface area contributed by atoms with Crippen molar-refractivity contribution < 1.29 is 19.8 Å². The van der Waals surface area contributed by atoms with E-state index >= 15 is 4.79 Å². The molecule has 0 aromatic rings. The van der Waals surface area contributed by atoms with Crippen LogP contribution in [0.5, 0.6) is 0 Å². The van der Waals surface area contributed by atoms with Gasteiger partial charge in [-0.15, -0.1) is 0 Å². The van der Waals surface area contributed by atoms with Crippen LogP contribution in [0.4, 0.5) is 0 Å². The van der Waals surface area contributed by atoms with Crippen molar-refractivity contribution in [2.75, 3.05) is 0 Å². The lowest BCUT2D eigenvalue weighted by Crippen LogP contribution is -2.72. The number of nitrogens with zero attached hydrogens (tertiary/aromatic N) is 1. The molecule has 0 saturated heterocycles. The van der Waals surface area contributed by atoms with Gasteiger partial charge in [-0.3, -0.25) is 9.59 Å². The fourth-order valence-corrected chi connectivity index (χ4v) is 7.84. The van der Waals surface area contributed by atoms with Crippen LogP contribution in [0.15, 0.2) is 0 Å². The molecule has 1 saturated carbocycles. The van der Waals surface area contributed by atoms with Gasteiger partial charge in [0.1, 0.15) is 5.41 Å². The van der Waals surface area contributed by atoms with Gasteiger partial charge >= 0.3 is 0 Å². The number of rotatable bonds is 14. The van der Waals surface area contributed by atoms with E-state index in [2.05, 4.69) is 69.2 Å². The Morgan fingerprint density at radius 1 is 0.711 bits per heavy atom. The van der Waals surface area contributed by atoms with Gasteiger partial charge in [-0.2, -0.15) is 0 Å². The van der Waals surface area contributed by atoms with Gasteiger partial charge in [-0.05, 0) is 49.4 Å². The zero-order valence-corrected chi connectivity index (χ0v) is 26.6. The molecule has 38 heavy (non-hydrogen) atoms. The summed E-state index contributed by atoms with van der Waals surface area (Å²) in [5, 5.41) is 25.0. The van der Waals surface area contributed by atoms with Crippen molar-refractivity contribution in [2.45, 2.75) is 176 Å². The smallest absolute Gasteiger partial charge is 0.238 e.